The number of carbonyl (C=O) groups excluding carboxylic acids is 2. The molecule has 1 radical (unpaired) electrons. The molecule has 2 aromatic heterocycles. The zero-order valence-electron chi connectivity index (χ0n) is 15.2. The van der Waals surface area contributed by atoms with Crippen molar-refractivity contribution in [2.24, 2.45) is 0 Å². The topological polar surface area (TPSA) is 74.1 Å². The van der Waals surface area contributed by atoms with Crippen LogP contribution in [0.25, 0.3) is 0 Å². The Kier molecular flexibility index (Phi) is 5.66. The number of amides is 1. The van der Waals surface area contributed by atoms with Crippen molar-refractivity contribution in [2.45, 2.75) is 26.4 Å². The molecule has 0 bridgehead atoms. The average molecular weight is 378 g/mol. The number of rotatable bonds is 6. The summed E-state index contributed by atoms with van der Waals surface area (Å²) < 4.78 is 0. The predicted molar refractivity (Wildman–Crippen MR) is 106 cm³/mol. The molecule has 3 aromatic rings. The Morgan fingerprint density at radius 3 is 2.41 bits per heavy atom. The van der Waals surface area contributed by atoms with Gasteiger partial charge in [0.1, 0.15) is 0 Å². The van der Waals surface area contributed by atoms with Gasteiger partial charge in [-0.05, 0) is 43.7 Å². The zero-order chi connectivity index (χ0) is 19.4. The van der Waals surface area contributed by atoms with Gasteiger partial charge < -0.3 is 4.90 Å². The molecular weight excluding hydrogens is 358 g/mol. The average Bonchev–Trinajstić information content (AvgIpc) is 3.16. The second-order valence-corrected chi connectivity index (χ2v) is 7.49. The van der Waals surface area contributed by atoms with Crippen molar-refractivity contribution in [2.75, 3.05) is 0 Å². The fourth-order valence-electron chi connectivity index (χ4n) is 2.71. The second-order valence-electron chi connectivity index (χ2n) is 6.40. The quantitative estimate of drug-likeness (QED) is 0.599. The number of carbonyl (C=O) groups is 2. The maximum absolute atomic E-state index is 13.0. The highest BCUT2D eigenvalue weighted by Crippen LogP contribution is 2.24. The van der Waals surface area contributed by atoms with E-state index in [2.05, 4.69) is 4.98 Å². The molecule has 137 valence electrons. The van der Waals surface area contributed by atoms with E-state index >= 15 is 0 Å². The van der Waals surface area contributed by atoms with Crippen molar-refractivity contribution in [1.82, 2.24) is 15.6 Å². The van der Waals surface area contributed by atoms with Gasteiger partial charge in [-0.3, -0.25) is 15.3 Å². The predicted octanol–water partition coefficient (Wildman–Crippen LogP) is 4.34. The molecule has 6 heteroatoms. The summed E-state index contributed by atoms with van der Waals surface area (Å²) >= 11 is 1.16. The maximum atomic E-state index is 13.0. The third-order valence-corrected chi connectivity index (χ3v) is 5.24. The van der Waals surface area contributed by atoms with Gasteiger partial charge in [-0.25, -0.2) is 4.98 Å². The van der Waals surface area contributed by atoms with Gasteiger partial charge in [0, 0.05) is 18.8 Å². The van der Waals surface area contributed by atoms with Gasteiger partial charge in [-0.1, -0.05) is 30.3 Å². The molecule has 0 aliphatic rings. The van der Waals surface area contributed by atoms with Crippen LogP contribution in [-0.2, 0) is 6.54 Å². The SMILES string of the molecule is CC(C)N(Cc1ccccc1)C(=O)c1ccc(C(=O)c2cccnc2[NH])s1. The molecule has 3 rings (SSSR count). The third kappa shape index (κ3) is 4.23. The zero-order valence-corrected chi connectivity index (χ0v) is 16.0. The summed E-state index contributed by atoms with van der Waals surface area (Å²) in [5.74, 6) is -0.442. The van der Waals surface area contributed by atoms with E-state index in [1.807, 2.05) is 44.2 Å². The molecule has 2 heterocycles. The number of nitrogens with zero attached hydrogens (tertiary/aromatic N) is 2. The maximum Gasteiger partial charge on any atom is 0.264 e. The normalized spacial score (nSPS) is 10.8. The summed E-state index contributed by atoms with van der Waals surface area (Å²) in [5, 5.41) is 0. The minimum absolute atomic E-state index is 0.0251. The first-order chi connectivity index (χ1) is 13.0. The van der Waals surface area contributed by atoms with Crippen LogP contribution in [0.2, 0.25) is 0 Å². The Morgan fingerprint density at radius 1 is 1.04 bits per heavy atom. The fraction of sp³-hybridized carbons (Fsp3) is 0.190. The van der Waals surface area contributed by atoms with Crippen LogP contribution < -0.4 is 5.73 Å². The first-order valence-corrected chi connectivity index (χ1v) is 9.45. The largest absolute Gasteiger partial charge is 0.331 e. The van der Waals surface area contributed by atoms with Crippen molar-refractivity contribution >= 4 is 28.8 Å². The van der Waals surface area contributed by atoms with Gasteiger partial charge >= 0.3 is 0 Å². The number of pyridine rings is 1. The Balaban J connectivity index is 1.82. The molecule has 0 unspecified atom stereocenters. The minimum atomic E-state index is -0.281. The summed E-state index contributed by atoms with van der Waals surface area (Å²) in [6.07, 6.45) is 1.48. The van der Waals surface area contributed by atoms with E-state index in [0.717, 1.165) is 16.9 Å². The smallest absolute Gasteiger partial charge is 0.264 e. The lowest BCUT2D eigenvalue weighted by molar-refractivity contribution is 0.0695. The molecule has 1 amide bonds. The number of hydrogen-bond donors (Lipinski definition) is 0. The molecule has 1 aromatic carbocycles. The molecule has 1 N–H and O–H groups in total. The number of hydrogen-bond acceptors (Lipinski definition) is 4. The van der Waals surface area contributed by atoms with Crippen molar-refractivity contribution in [3.05, 3.63) is 81.7 Å². The molecule has 27 heavy (non-hydrogen) atoms. The highest BCUT2D eigenvalue weighted by atomic mass is 32.1. The lowest BCUT2D eigenvalue weighted by Crippen LogP contribution is -2.35. The highest BCUT2D eigenvalue weighted by Gasteiger charge is 2.23. The van der Waals surface area contributed by atoms with E-state index in [1.54, 1.807) is 29.2 Å². The van der Waals surface area contributed by atoms with Crippen LogP contribution in [0, 0.1) is 0 Å². The van der Waals surface area contributed by atoms with E-state index < -0.39 is 0 Å². The van der Waals surface area contributed by atoms with Crippen molar-refractivity contribution in [3.63, 3.8) is 0 Å². The van der Waals surface area contributed by atoms with Gasteiger partial charge in [0.2, 0.25) is 5.78 Å². The Labute approximate surface area is 162 Å². The third-order valence-electron chi connectivity index (χ3n) is 4.17. The fourth-order valence-corrected chi connectivity index (χ4v) is 3.62. The van der Waals surface area contributed by atoms with Gasteiger partial charge in [0.05, 0.1) is 15.3 Å². The number of aromatic nitrogens is 1. The molecule has 5 nitrogen and oxygen atoms in total. The lowest BCUT2D eigenvalue weighted by atomic mass is 10.1. The summed E-state index contributed by atoms with van der Waals surface area (Å²) in [7, 11) is 0. The first kappa shape index (κ1) is 18.8. The van der Waals surface area contributed by atoms with Crippen LogP contribution in [-0.4, -0.2) is 27.6 Å². The van der Waals surface area contributed by atoms with Gasteiger partial charge in [-0.2, -0.15) is 0 Å². The molecule has 0 aliphatic carbocycles. The number of thiophene rings is 1. The summed E-state index contributed by atoms with van der Waals surface area (Å²) in [4.78, 5) is 32.2. The van der Waals surface area contributed by atoms with Gasteiger partial charge in [-0.15, -0.1) is 11.3 Å². The van der Waals surface area contributed by atoms with E-state index in [-0.39, 0.29) is 29.1 Å². The van der Waals surface area contributed by atoms with Crippen molar-refractivity contribution < 1.29 is 9.59 Å². The van der Waals surface area contributed by atoms with Gasteiger partial charge in [0.15, 0.2) is 5.82 Å². The van der Waals surface area contributed by atoms with Crippen LogP contribution in [0.4, 0.5) is 5.82 Å². The van der Waals surface area contributed by atoms with Crippen LogP contribution in [0.15, 0.2) is 60.8 Å². The Morgan fingerprint density at radius 2 is 1.74 bits per heavy atom. The van der Waals surface area contributed by atoms with E-state index in [0.29, 0.717) is 16.3 Å². The Bertz CT molecular complexity index is 951. The van der Waals surface area contributed by atoms with Crippen LogP contribution in [0.1, 0.15) is 44.3 Å². The van der Waals surface area contributed by atoms with E-state index in [4.69, 9.17) is 5.73 Å². The summed E-state index contributed by atoms with van der Waals surface area (Å²) in [6, 6.07) is 16.4. The lowest BCUT2D eigenvalue weighted by Gasteiger charge is -2.26. The number of benzene rings is 1. The minimum Gasteiger partial charge on any atom is -0.331 e. The van der Waals surface area contributed by atoms with Crippen LogP contribution >= 0.6 is 11.3 Å². The number of ketones is 1. The molecule has 0 atom stereocenters. The monoisotopic (exact) mass is 378 g/mol. The first-order valence-electron chi connectivity index (χ1n) is 8.63. The summed E-state index contributed by atoms with van der Waals surface area (Å²) in [6.45, 7) is 4.46. The van der Waals surface area contributed by atoms with E-state index in [1.165, 1.54) is 6.20 Å². The van der Waals surface area contributed by atoms with Crippen LogP contribution in [0.3, 0.4) is 0 Å². The molecule has 0 spiro atoms. The molecule has 0 aliphatic heterocycles. The number of nitrogens with one attached hydrogen (secondary N) is 1. The van der Waals surface area contributed by atoms with Crippen molar-refractivity contribution in [3.8, 4) is 0 Å². The van der Waals surface area contributed by atoms with E-state index in [9.17, 15) is 9.59 Å². The van der Waals surface area contributed by atoms with Gasteiger partial charge in [0.25, 0.3) is 5.91 Å². The molecule has 0 fully saturated rings. The highest BCUT2D eigenvalue weighted by molar-refractivity contribution is 7.16. The molecule has 0 saturated carbocycles. The molecule has 0 saturated heterocycles. The van der Waals surface area contributed by atoms with Crippen LogP contribution in [0.5, 0.6) is 0 Å². The second kappa shape index (κ2) is 8.14. The standard InChI is InChI=1S/C21H20N3O2S/c1-14(2)24(13-15-7-4-3-5-8-15)21(26)18-11-10-17(27-18)19(25)16-9-6-12-23-20(16)22/h3-12,14,22H,13H2,1-2H3. The Hall–Kier alpha value is -2.99. The summed E-state index contributed by atoms with van der Waals surface area (Å²) in [5.41, 5.74) is 9.09. The molecular formula is C21H20N3O2S. The van der Waals surface area contributed by atoms with Crippen molar-refractivity contribution in [1.29, 1.82) is 0 Å².